The van der Waals surface area contributed by atoms with Gasteiger partial charge in [0.15, 0.2) is 0 Å². The van der Waals surface area contributed by atoms with Crippen LogP contribution in [0.15, 0.2) is 42.7 Å². The number of carbonyl (C=O) groups excluding carboxylic acids is 1. The molecule has 0 bridgehead atoms. The molecule has 4 N–H and O–H groups in total. The normalized spacial score (nSPS) is 24.9. The van der Waals surface area contributed by atoms with Gasteiger partial charge in [-0.25, -0.2) is 18.2 Å². The second kappa shape index (κ2) is 11.9. The quantitative estimate of drug-likeness (QED) is 0.407. The van der Waals surface area contributed by atoms with Crippen LogP contribution in [0, 0.1) is 23.4 Å². The Hall–Kier alpha value is -3.54. The summed E-state index contributed by atoms with van der Waals surface area (Å²) in [6, 6.07) is 5.37. The van der Waals surface area contributed by atoms with E-state index in [0.717, 1.165) is 36.2 Å². The monoisotopic (exact) mass is 556 g/mol. The molecule has 3 heterocycles. The number of benzene rings is 1. The van der Waals surface area contributed by atoms with Gasteiger partial charge in [-0.15, -0.1) is 0 Å². The summed E-state index contributed by atoms with van der Waals surface area (Å²) in [6.45, 7) is 2.84. The van der Waals surface area contributed by atoms with Crippen molar-refractivity contribution in [3.8, 4) is 17.0 Å². The van der Waals surface area contributed by atoms with Crippen LogP contribution in [-0.2, 0) is 4.74 Å². The number of rotatable bonds is 6. The molecular weight excluding hydrogens is 525 g/mol. The van der Waals surface area contributed by atoms with Crippen LogP contribution in [0.4, 0.5) is 18.9 Å². The molecule has 2 aromatic heterocycles. The number of hydrogen-bond donors (Lipinski definition) is 3. The number of ether oxygens (including phenoxy) is 2. The summed E-state index contributed by atoms with van der Waals surface area (Å²) in [5.41, 5.74) is 5.75. The molecule has 1 saturated heterocycles. The topological polar surface area (TPSA) is 120 Å². The van der Waals surface area contributed by atoms with Gasteiger partial charge < -0.3 is 25.6 Å². The summed E-state index contributed by atoms with van der Waals surface area (Å²) in [7, 11) is 0. The largest absolute Gasteiger partial charge is 0.488 e. The predicted octanol–water partition coefficient (Wildman–Crippen LogP) is 4.57. The molecule has 40 heavy (non-hydrogen) atoms. The molecule has 5 rings (SSSR count). The average molecular weight is 557 g/mol. The van der Waals surface area contributed by atoms with E-state index in [4.69, 9.17) is 15.2 Å². The highest BCUT2D eigenvalue weighted by Gasteiger charge is 2.34. The van der Waals surface area contributed by atoms with E-state index in [1.807, 2.05) is 6.92 Å². The Balaban J connectivity index is 1.38. The lowest BCUT2D eigenvalue weighted by Crippen LogP contribution is -2.44. The van der Waals surface area contributed by atoms with Crippen LogP contribution in [0.5, 0.6) is 5.75 Å². The van der Waals surface area contributed by atoms with Gasteiger partial charge in [-0.05, 0) is 61.3 Å². The van der Waals surface area contributed by atoms with Crippen molar-refractivity contribution in [2.24, 2.45) is 11.7 Å². The Morgan fingerprint density at radius 3 is 2.62 bits per heavy atom. The number of aromatic nitrogens is 2. The van der Waals surface area contributed by atoms with Gasteiger partial charge in [0, 0.05) is 31.0 Å². The van der Waals surface area contributed by atoms with Gasteiger partial charge in [0.25, 0.3) is 5.91 Å². The average Bonchev–Trinajstić information content (AvgIpc) is 2.93. The minimum Gasteiger partial charge on any atom is -0.488 e. The number of halogens is 3. The number of nitrogens with one attached hydrogen (secondary N) is 1. The maximum atomic E-state index is 15.1. The standard InChI is InChI=1S/C29H31F3N4O4/c1-15-9-16(10-23(33)28(15)37)19-6-7-34-13-25(19)36-29(38)24-5-4-20(30)27(35-24)26-21(31)11-18(12-22(26)32)40-17-3-2-8-39-14-17/h4-7,11-13,15-17,23,28,37H,2-3,8-10,14,33H2,1H3,(H,36,38)/t15-,16+,17+,23+,28+/m0/s1. The molecule has 0 radical (unpaired) electrons. The van der Waals surface area contributed by atoms with Crippen molar-refractivity contribution in [3.05, 3.63) is 71.4 Å². The SMILES string of the molecule is C[C@H]1C[C@@H](c2ccncc2NC(=O)c2ccc(F)c(-c3c(F)cc(O[C@@H]4CCCOC4)cc3F)n2)C[C@@H](N)[C@@H]1O. The highest BCUT2D eigenvalue weighted by atomic mass is 19.1. The molecule has 0 spiro atoms. The first kappa shape index (κ1) is 28.0. The van der Waals surface area contributed by atoms with Crippen molar-refractivity contribution < 1.29 is 32.5 Å². The van der Waals surface area contributed by atoms with E-state index in [1.54, 1.807) is 12.3 Å². The lowest BCUT2D eigenvalue weighted by molar-refractivity contribution is 0.00720. The van der Waals surface area contributed by atoms with Gasteiger partial charge in [-0.3, -0.25) is 9.78 Å². The molecule has 11 heteroatoms. The first-order valence-electron chi connectivity index (χ1n) is 13.3. The van der Waals surface area contributed by atoms with Crippen LogP contribution in [0.25, 0.3) is 11.3 Å². The van der Waals surface area contributed by atoms with Crippen LogP contribution >= 0.6 is 0 Å². The molecule has 1 amide bonds. The highest BCUT2D eigenvalue weighted by Crippen LogP contribution is 2.39. The maximum Gasteiger partial charge on any atom is 0.274 e. The fourth-order valence-corrected chi connectivity index (χ4v) is 5.46. The smallest absolute Gasteiger partial charge is 0.274 e. The summed E-state index contributed by atoms with van der Waals surface area (Å²) in [5.74, 6) is -3.96. The van der Waals surface area contributed by atoms with Crippen molar-refractivity contribution >= 4 is 11.6 Å². The molecule has 3 aromatic rings. The third-order valence-electron chi connectivity index (χ3n) is 7.53. The zero-order valence-electron chi connectivity index (χ0n) is 21.9. The molecule has 1 aliphatic carbocycles. The van der Waals surface area contributed by atoms with Gasteiger partial charge >= 0.3 is 0 Å². The number of anilines is 1. The van der Waals surface area contributed by atoms with Crippen molar-refractivity contribution in [2.45, 2.75) is 56.8 Å². The van der Waals surface area contributed by atoms with Gasteiger partial charge in [-0.2, -0.15) is 0 Å². The number of carbonyl (C=O) groups is 1. The van der Waals surface area contributed by atoms with Gasteiger partial charge in [-0.1, -0.05) is 6.92 Å². The highest BCUT2D eigenvalue weighted by molar-refractivity contribution is 6.03. The van der Waals surface area contributed by atoms with Crippen LogP contribution < -0.4 is 15.8 Å². The Morgan fingerprint density at radius 1 is 1.15 bits per heavy atom. The minimum absolute atomic E-state index is 0.0347. The first-order chi connectivity index (χ1) is 19.2. The van der Waals surface area contributed by atoms with E-state index in [2.05, 4.69) is 15.3 Å². The van der Waals surface area contributed by atoms with Crippen LogP contribution in [0.3, 0.4) is 0 Å². The zero-order valence-corrected chi connectivity index (χ0v) is 21.9. The number of amides is 1. The van der Waals surface area contributed by atoms with Gasteiger partial charge in [0.1, 0.15) is 40.7 Å². The molecule has 2 fully saturated rings. The third-order valence-corrected chi connectivity index (χ3v) is 7.53. The number of pyridine rings is 2. The van der Waals surface area contributed by atoms with Crippen LogP contribution in [-0.4, -0.2) is 52.4 Å². The maximum absolute atomic E-state index is 15.1. The van der Waals surface area contributed by atoms with E-state index in [-0.39, 0.29) is 29.4 Å². The lowest BCUT2D eigenvalue weighted by Gasteiger charge is -2.36. The summed E-state index contributed by atoms with van der Waals surface area (Å²) in [6.07, 6.45) is 4.77. The van der Waals surface area contributed by atoms with E-state index in [9.17, 15) is 14.3 Å². The van der Waals surface area contributed by atoms with Crippen molar-refractivity contribution in [1.82, 2.24) is 9.97 Å². The molecule has 8 nitrogen and oxygen atoms in total. The number of aliphatic hydroxyl groups is 1. The first-order valence-corrected chi connectivity index (χ1v) is 13.3. The molecule has 1 aromatic carbocycles. The van der Waals surface area contributed by atoms with E-state index < -0.39 is 46.8 Å². The lowest BCUT2D eigenvalue weighted by atomic mass is 9.74. The van der Waals surface area contributed by atoms with Crippen molar-refractivity contribution in [1.29, 1.82) is 0 Å². The van der Waals surface area contributed by atoms with Crippen LogP contribution in [0.1, 0.15) is 54.6 Å². The molecule has 1 saturated carbocycles. The summed E-state index contributed by atoms with van der Waals surface area (Å²) < 4.78 is 55.9. The molecule has 1 aliphatic heterocycles. The summed E-state index contributed by atoms with van der Waals surface area (Å²) in [5, 5.41) is 13.0. The molecule has 212 valence electrons. The van der Waals surface area contributed by atoms with Crippen molar-refractivity contribution in [3.63, 3.8) is 0 Å². The van der Waals surface area contributed by atoms with E-state index in [1.165, 1.54) is 6.20 Å². The van der Waals surface area contributed by atoms with Crippen molar-refractivity contribution in [2.75, 3.05) is 18.5 Å². The Kier molecular flexibility index (Phi) is 8.34. The third kappa shape index (κ3) is 5.96. The van der Waals surface area contributed by atoms with Crippen LogP contribution in [0.2, 0.25) is 0 Å². The second-order valence-electron chi connectivity index (χ2n) is 10.5. The Bertz CT molecular complexity index is 1350. The summed E-state index contributed by atoms with van der Waals surface area (Å²) >= 11 is 0. The number of hydrogen-bond acceptors (Lipinski definition) is 7. The number of aliphatic hydroxyl groups excluding tert-OH is 1. The minimum atomic E-state index is -1.07. The zero-order chi connectivity index (χ0) is 28.4. The molecule has 2 aliphatic rings. The molecule has 5 atom stereocenters. The van der Waals surface area contributed by atoms with Gasteiger partial charge in [0.2, 0.25) is 0 Å². The van der Waals surface area contributed by atoms with E-state index >= 15 is 8.78 Å². The number of nitrogens with two attached hydrogens (primary N) is 1. The van der Waals surface area contributed by atoms with E-state index in [0.29, 0.717) is 38.2 Å². The second-order valence-corrected chi connectivity index (χ2v) is 10.5. The molecule has 0 unspecified atom stereocenters. The molecular formula is C29H31F3N4O4. The van der Waals surface area contributed by atoms with Gasteiger partial charge in [0.05, 0.1) is 30.2 Å². The summed E-state index contributed by atoms with van der Waals surface area (Å²) in [4.78, 5) is 21.2. The fourth-order valence-electron chi connectivity index (χ4n) is 5.46. The number of nitrogens with zero attached hydrogens (tertiary/aromatic N) is 2. The Morgan fingerprint density at radius 2 is 1.93 bits per heavy atom. The predicted molar refractivity (Wildman–Crippen MR) is 141 cm³/mol. The Labute approximate surface area is 229 Å². The fraction of sp³-hybridized carbons (Fsp3) is 0.414.